The first-order valence-corrected chi connectivity index (χ1v) is 6.86. The number of aliphatic hydroxyl groups excluding tert-OH is 1. The van der Waals surface area contributed by atoms with Crippen LogP contribution in [0.2, 0.25) is 0 Å². The van der Waals surface area contributed by atoms with E-state index in [9.17, 15) is 5.11 Å². The summed E-state index contributed by atoms with van der Waals surface area (Å²) in [5.41, 5.74) is 0. The molecule has 1 aromatic rings. The van der Waals surface area contributed by atoms with Crippen LogP contribution in [-0.4, -0.2) is 24.4 Å². The van der Waals surface area contributed by atoms with E-state index in [2.05, 4.69) is 22.0 Å². The molecule has 2 atom stereocenters. The van der Waals surface area contributed by atoms with E-state index in [1.165, 1.54) is 4.88 Å². The number of aliphatic hydroxyl groups is 1. The van der Waals surface area contributed by atoms with Crippen LogP contribution in [0.1, 0.15) is 17.7 Å². The van der Waals surface area contributed by atoms with E-state index in [4.69, 9.17) is 4.74 Å². The Balaban J connectivity index is 1.88. The van der Waals surface area contributed by atoms with Gasteiger partial charge in [-0.3, -0.25) is 0 Å². The summed E-state index contributed by atoms with van der Waals surface area (Å²) in [5.74, 6) is 0.319. The molecule has 84 valence electrons. The van der Waals surface area contributed by atoms with Crippen molar-refractivity contribution in [2.75, 3.05) is 13.2 Å². The number of halogens is 1. The summed E-state index contributed by atoms with van der Waals surface area (Å²) in [4.78, 5) is 1.24. The molecule has 1 aliphatic rings. The van der Waals surface area contributed by atoms with E-state index >= 15 is 0 Å². The van der Waals surface area contributed by atoms with Gasteiger partial charge in [-0.1, -0.05) is 0 Å². The third kappa shape index (κ3) is 3.28. The molecule has 2 nitrogen and oxygen atoms in total. The molecular formula is C11H15BrO2S. The van der Waals surface area contributed by atoms with Gasteiger partial charge in [0.25, 0.3) is 0 Å². The van der Waals surface area contributed by atoms with Gasteiger partial charge >= 0.3 is 0 Å². The molecule has 0 saturated carbocycles. The zero-order valence-corrected chi connectivity index (χ0v) is 10.9. The number of rotatable bonds is 3. The van der Waals surface area contributed by atoms with E-state index < -0.39 is 0 Å². The molecule has 0 bridgehead atoms. The summed E-state index contributed by atoms with van der Waals surface area (Å²) >= 11 is 5.13. The van der Waals surface area contributed by atoms with Gasteiger partial charge in [0.05, 0.1) is 16.5 Å². The molecule has 2 heterocycles. The van der Waals surface area contributed by atoms with Crippen LogP contribution in [0.4, 0.5) is 0 Å². The smallest absolute Gasteiger partial charge is 0.0701 e. The van der Waals surface area contributed by atoms with Gasteiger partial charge in [-0.2, -0.15) is 0 Å². The summed E-state index contributed by atoms with van der Waals surface area (Å²) < 4.78 is 6.51. The lowest BCUT2D eigenvalue weighted by Gasteiger charge is -2.26. The van der Waals surface area contributed by atoms with E-state index in [1.54, 1.807) is 11.3 Å². The first-order chi connectivity index (χ1) is 7.25. The van der Waals surface area contributed by atoms with Gasteiger partial charge in [0.2, 0.25) is 0 Å². The van der Waals surface area contributed by atoms with Gasteiger partial charge in [0.15, 0.2) is 0 Å². The van der Waals surface area contributed by atoms with Crippen molar-refractivity contribution in [3.8, 4) is 0 Å². The molecule has 2 unspecified atom stereocenters. The SMILES string of the molecule is OC(Cc1ccc(Br)s1)C1CCCOC1. The molecule has 4 heteroatoms. The lowest BCUT2D eigenvalue weighted by atomic mass is 9.93. The number of ether oxygens (including phenoxy) is 1. The molecule has 1 saturated heterocycles. The lowest BCUT2D eigenvalue weighted by molar-refractivity contribution is -0.00820. The number of hydrogen-bond acceptors (Lipinski definition) is 3. The van der Waals surface area contributed by atoms with Gasteiger partial charge in [-0.25, -0.2) is 0 Å². The third-order valence-electron chi connectivity index (χ3n) is 2.78. The molecule has 0 aromatic carbocycles. The molecule has 1 fully saturated rings. The van der Waals surface area contributed by atoms with Crippen molar-refractivity contribution in [3.63, 3.8) is 0 Å². The van der Waals surface area contributed by atoms with Crippen molar-refractivity contribution >= 4 is 27.3 Å². The van der Waals surface area contributed by atoms with Crippen LogP contribution in [-0.2, 0) is 11.2 Å². The Labute approximate surface area is 102 Å². The average Bonchev–Trinajstić information content (AvgIpc) is 2.65. The molecule has 1 aromatic heterocycles. The highest BCUT2D eigenvalue weighted by Crippen LogP contribution is 2.26. The van der Waals surface area contributed by atoms with Crippen LogP contribution >= 0.6 is 27.3 Å². The predicted octanol–water partition coefficient (Wildman–Crippen LogP) is 2.84. The Kier molecular flexibility index (Phi) is 4.20. The Morgan fingerprint density at radius 3 is 3.07 bits per heavy atom. The molecule has 2 rings (SSSR count). The molecular weight excluding hydrogens is 276 g/mol. The van der Waals surface area contributed by atoms with Gasteiger partial charge in [-0.15, -0.1) is 11.3 Å². The first-order valence-electron chi connectivity index (χ1n) is 5.26. The third-order valence-corrected chi connectivity index (χ3v) is 4.42. The molecule has 0 spiro atoms. The van der Waals surface area contributed by atoms with E-state index in [-0.39, 0.29) is 6.10 Å². The maximum Gasteiger partial charge on any atom is 0.0701 e. The summed E-state index contributed by atoms with van der Waals surface area (Å²) in [6.07, 6.45) is 2.67. The Morgan fingerprint density at radius 1 is 1.60 bits per heavy atom. The zero-order valence-electron chi connectivity index (χ0n) is 8.49. The van der Waals surface area contributed by atoms with Crippen LogP contribution < -0.4 is 0 Å². The van der Waals surface area contributed by atoms with Crippen molar-refractivity contribution in [1.82, 2.24) is 0 Å². The van der Waals surface area contributed by atoms with Crippen molar-refractivity contribution in [1.29, 1.82) is 0 Å². The Morgan fingerprint density at radius 2 is 2.47 bits per heavy atom. The fourth-order valence-electron chi connectivity index (χ4n) is 1.90. The van der Waals surface area contributed by atoms with Crippen molar-refractivity contribution in [3.05, 3.63) is 20.8 Å². The minimum atomic E-state index is -0.254. The first kappa shape index (κ1) is 11.6. The largest absolute Gasteiger partial charge is 0.392 e. The topological polar surface area (TPSA) is 29.5 Å². The average molecular weight is 291 g/mol. The summed E-state index contributed by atoms with van der Waals surface area (Å²) in [6.45, 7) is 1.57. The minimum Gasteiger partial charge on any atom is -0.392 e. The zero-order chi connectivity index (χ0) is 10.7. The lowest BCUT2D eigenvalue weighted by Crippen LogP contribution is -2.30. The van der Waals surface area contributed by atoms with E-state index in [0.29, 0.717) is 12.5 Å². The predicted molar refractivity (Wildman–Crippen MR) is 65.3 cm³/mol. The van der Waals surface area contributed by atoms with Crippen molar-refractivity contribution < 1.29 is 9.84 Å². The van der Waals surface area contributed by atoms with Gasteiger partial charge in [0.1, 0.15) is 0 Å². The molecule has 0 radical (unpaired) electrons. The number of hydrogen-bond donors (Lipinski definition) is 1. The van der Waals surface area contributed by atoms with Crippen LogP contribution in [0.5, 0.6) is 0 Å². The van der Waals surface area contributed by atoms with Crippen LogP contribution in [0.3, 0.4) is 0 Å². The maximum atomic E-state index is 10.0. The summed E-state index contributed by atoms with van der Waals surface area (Å²) in [7, 11) is 0. The molecule has 15 heavy (non-hydrogen) atoms. The highest BCUT2D eigenvalue weighted by Gasteiger charge is 2.22. The highest BCUT2D eigenvalue weighted by atomic mass is 79.9. The van der Waals surface area contributed by atoms with Crippen molar-refractivity contribution in [2.24, 2.45) is 5.92 Å². The van der Waals surface area contributed by atoms with Crippen LogP contribution in [0.15, 0.2) is 15.9 Å². The Hall–Kier alpha value is 0.1000. The normalized spacial score (nSPS) is 24.0. The van der Waals surface area contributed by atoms with Crippen molar-refractivity contribution in [2.45, 2.75) is 25.4 Å². The highest BCUT2D eigenvalue weighted by molar-refractivity contribution is 9.11. The molecule has 0 aliphatic carbocycles. The second-order valence-electron chi connectivity index (χ2n) is 3.95. The fraction of sp³-hybridized carbons (Fsp3) is 0.636. The minimum absolute atomic E-state index is 0.254. The number of thiophene rings is 1. The second-order valence-corrected chi connectivity index (χ2v) is 6.50. The quantitative estimate of drug-likeness (QED) is 0.928. The van der Waals surface area contributed by atoms with Crippen LogP contribution in [0, 0.1) is 5.92 Å². The monoisotopic (exact) mass is 290 g/mol. The summed E-state index contributed by atoms with van der Waals surface area (Å²) in [6, 6.07) is 4.10. The molecule has 0 amide bonds. The maximum absolute atomic E-state index is 10.0. The fourth-order valence-corrected chi connectivity index (χ4v) is 3.44. The second kappa shape index (κ2) is 5.43. The van der Waals surface area contributed by atoms with Gasteiger partial charge in [0, 0.05) is 23.8 Å². The molecule has 1 aliphatic heterocycles. The Bertz CT molecular complexity index is 307. The van der Waals surface area contributed by atoms with Crippen LogP contribution in [0.25, 0.3) is 0 Å². The standard InChI is InChI=1S/C11H15BrO2S/c12-11-4-3-9(15-11)6-10(13)8-2-1-5-14-7-8/h3-4,8,10,13H,1-2,5-7H2. The van der Waals surface area contributed by atoms with Gasteiger partial charge < -0.3 is 9.84 Å². The van der Waals surface area contributed by atoms with Gasteiger partial charge in [-0.05, 0) is 40.9 Å². The summed E-state index contributed by atoms with van der Waals surface area (Å²) in [5, 5.41) is 10.0. The molecule has 1 N–H and O–H groups in total. The van der Waals surface area contributed by atoms with E-state index in [0.717, 1.165) is 29.7 Å². The van der Waals surface area contributed by atoms with E-state index in [1.807, 2.05) is 6.07 Å².